The molecule has 2 N–H and O–H groups in total. The van der Waals surface area contributed by atoms with E-state index in [1.165, 1.54) is 13.3 Å². The van der Waals surface area contributed by atoms with Gasteiger partial charge in [-0.1, -0.05) is 29.3 Å². The Hall–Kier alpha value is -2.81. The monoisotopic (exact) mass is 479 g/mol. The Balaban J connectivity index is 1.51. The molecule has 1 aliphatic rings. The lowest BCUT2D eigenvalue weighted by Crippen LogP contribution is -2.41. The number of nitrogens with one attached hydrogen (secondary N) is 2. The lowest BCUT2D eigenvalue weighted by molar-refractivity contribution is -0.139. The van der Waals surface area contributed by atoms with E-state index in [0.717, 1.165) is 18.4 Å². The lowest BCUT2D eigenvalue weighted by atomic mass is 10.2. The van der Waals surface area contributed by atoms with E-state index in [1.807, 2.05) is 6.07 Å². The summed E-state index contributed by atoms with van der Waals surface area (Å²) in [6, 6.07) is 10.4. The molecule has 1 atom stereocenters. The average molecular weight is 480 g/mol. The zero-order chi connectivity index (χ0) is 22.9. The second-order valence-electron chi connectivity index (χ2n) is 6.99. The average Bonchev–Trinajstić information content (AvgIpc) is 3.32. The molecule has 1 saturated heterocycles. The molecule has 10 heteroatoms. The number of carbonyl (C=O) groups is 2. The first kappa shape index (κ1) is 23.8. The molecule has 32 heavy (non-hydrogen) atoms. The van der Waals surface area contributed by atoms with Crippen LogP contribution in [0.25, 0.3) is 0 Å². The fourth-order valence-electron chi connectivity index (χ4n) is 2.98. The summed E-state index contributed by atoms with van der Waals surface area (Å²) in [7, 11) is 1.52. The molecular formula is C22H23Cl2N3O5. The molecule has 2 amide bonds. The van der Waals surface area contributed by atoms with E-state index >= 15 is 0 Å². The lowest BCUT2D eigenvalue weighted by Gasteiger charge is -2.12. The van der Waals surface area contributed by atoms with Gasteiger partial charge in [-0.3, -0.25) is 9.59 Å². The van der Waals surface area contributed by atoms with Crippen molar-refractivity contribution in [2.75, 3.05) is 20.3 Å². The molecule has 1 heterocycles. The minimum Gasteiger partial charge on any atom is -0.493 e. The van der Waals surface area contributed by atoms with Crippen molar-refractivity contribution >= 4 is 41.2 Å². The molecule has 0 radical (unpaired) electrons. The number of ether oxygens (including phenoxy) is 3. The Bertz CT molecular complexity index is 994. The van der Waals surface area contributed by atoms with Gasteiger partial charge in [-0.15, -0.1) is 0 Å². The largest absolute Gasteiger partial charge is 0.493 e. The number of hydrogen-bond donors (Lipinski definition) is 2. The summed E-state index contributed by atoms with van der Waals surface area (Å²) >= 11 is 12.0. The van der Waals surface area contributed by atoms with Gasteiger partial charge in [0.1, 0.15) is 6.61 Å². The van der Waals surface area contributed by atoms with Crippen LogP contribution in [-0.4, -0.2) is 44.4 Å². The predicted molar refractivity (Wildman–Crippen MR) is 122 cm³/mol. The number of halogens is 2. The molecule has 0 spiro atoms. The van der Waals surface area contributed by atoms with Gasteiger partial charge in [0.25, 0.3) is 0 Å². The van der Waals surface area contributed by atoms with Crippen molar-refractivity contribution in [2.24, 2.45) is 5.10 Å². The minimum absolute atomic E-state index is 0.0415. The standard InChI is InChI=1S/C22H23Cl2N3O5/c1-30-20-10-14(5-7-19(20)32-13-15-4-6-17(23)18(24)9-15)11-26-27-22(29)21(28)25-12-16-3-2-8-31-16/h4-7,9-11,16H,2-3,8,12-13H2,1H3,(H,25,28)(H,27,29)/b26-11-/t16-/m1/s1. The summed E-state index contributed by atoms with van der Waals surface area (Å²) in [5.41, 5.74) is 3.69. The molecule has 8 nitrogen and oxygen atoms in total. The van der Waals surface area contributed by atoms with Crippen LogP contribution in [0.4, 0.5) is 0 Å². The number of methoxy groups -OCH3 is 1. The third kappa shape index (κ3) is 6.85. The van der Waals surface area contributed by atoms with Crippen LogP contribution in [0.3, 0.4) is 0 Å². The predicted octanol–water partition coefficient (Wildman–Crippen LogP) is 3.33. The number of hydrogen-bond acceptors (Lipinski definition) is 6. The van der Waals surface area contributed by atoms with Gasteiger partial charge in [0, 0.05) is 13.2 Å². The summed E-state index contributed by atoms with van der Waals surface area (Å²) in [4.78, 5) is 23.7. The zero-order valence-corrected chi connectivity index (χ0v) is 18.9. The maximum Gasteiger partial charge on any atom is 0.329 e. The summed E-state index contributed by atoms with van der Waals surface area (Å²) < 4.78 is 16.6. The smallest absolute Gasteiger partial charge is 0.329 e. The van der Waals surface area contributed by atoms with E-state index in [4.69, 9.17) is 37.4 Å². The van der Waals surface area contributed by atoms with E-state index in [1.54, 1.807) is 30.3 Å². The quantitative estimate of drug-likeness (QED) is 0.343. The number of hydrazone groups is 1. The van der Waals surface area contributed by atoms with E-state index in [0.29, 0.717) is 40.3 Å². The summed E-state index contributed by atoms with van der Waals surface area (Å²) in [6.07, 6.45) is 3.19. The van der Waals surface area contributed by atoms with Gasteiger partial charge in [0.2, 0.25) is 0 Å². The molecule has 0 bridgehead atoms. The van der Waals surface area contributed by atoms with Crippen LogP contribution in [0.5, 0.6) is 11.5 Å². The Kier molecular flexibility index (Phi) is 8.72. The highest BCUT2D eigenvalue weighted by Crippen LogP contribution is 2.29. The van der Waals surface area contributed by atoms with Crippen molar-refractivity contribution in [1.29, 1.82) is 0 Å². The molecule has 3 rings (SSSR count). The van der Waals surface area contributed by atoms with E-state index in [-0.39, 0.29) is 12.7 Å². The molecule has 2 aromatic rings. The minimum atomic E-state index is -0.854. The Labute approximate surface area is 195 Å². The SMILES string of the molecule is COc1cc(/C=N\NC(=O)C(=O)NC[C@H]2CCCO2)ccc1OCc1ccc(Cl)c(Cl)c1. The normalized spacial score (nSPS) is 15.5. The fourth-order valence-corrected chi connectivity index (χ4v) is 3.30. The molecule has 0 unspecified atom stereocenters. The van der Waals surface area contributed by atoms with Crippen molar-refractivity contribution in [3.05, 3.63) is 57.6 Å². The molecule has 0 aliphatic carbocycles. The third-order valence-electron chi connectivity index (χ3n) is 4.67. The van der Waals surface area contributed by atoms with Crippen molar-refractivity contribution < 1.29 is 23.8 Å². The topological polar surface area (TPSA) is 98.2 Å². The van der Waals surface area contributed by atoms with Gasteiger partial charge < -0.3 is 19.5 Å². The summed E-state index contributed by atoms with van der Waals surface area (Å²) in [5, 5.41) is 7.28. The first-order chi connectivity index (χ1) is 15.5. The molecule has 2 aromatic carbocycles. The first-order valence-electron chi connectivity index (χ1n) is 9.94. The Morgan fingerprint density at radius 1 is 1.16 bits per heavy atom. The number of amides is 2. The van der Waals surface area contributed by atoms with Crippen LogP contribution in [0, 0.1) is 0 Å². The highest BCUT2D eigenvalue weighted by atomic mass is 35.5. The first-order valence-corrected chi connectivity index (χ1v) is 10.7. The van der Waals surface area contributed by atoms with Gasteiger partial charge in [-0.25, -0.2) is 5.43 Å². The number of benzene rings is 2. The van der Waals surface area contributed by atoms with Crippen LogP contribution >= 0.6 is 23.2 Å². The van der Waals surface area contributed by atoms with Gasteiger partial charge in [-0.05, 0) is 54.3 Å². The van der Waals surface area contributed by atoms with Crippen molar-refractivity contribution in [1.82, 2.24) is 10.7 Å². The number of carbonyl (C=O) groups excluding carboxylic acids is 2. The highest BCUT2D eigenvalue weighted by molar-refractivity contribution is 6.42. The van der Waals surface area contributed by atoms with Crippen molar-refractivity contribution in [3.8, 4) is 11.5 Å². The molecule has 170 valence electrons. The second-order valence-corrected chi connectivity index (χ2v) is 7.81. The van der Waals surface area contributed by atoms with Gasteiger partial charge in [-0.2, -0.15) is 5.10 Å². The van der Waals surface area contributed by atoms with Crippen molar-refractivity contribution in [3.63, 3.8) is 0 Å². The maximum atomic E-state index is 11.8. The molecule has 1 fully saturated rings. The third-order valence-corrected chi connectivity index (χ3v) is 5.41. The van der Waals surface area contributed by atoms with E-state index in [9.17, 15) is 9.59 Å². The summed E-state index contributed by atoms with van der Waals surface area (Å²) in [5.74, 6) is -0.614. The van der Waals surface area contributed by atoms with E-state index in [2.05, 4.69) is 15.8 Å². The highest BCUT2D eigenvalue weighted by Gasteiger charge is 2.19. The van der Waals surface area contributed by atoms with Crippen molar-refractivity contribution in [2.45, 2.75) is 25.6 Å². The molecule has 1 aliphatic heterocycles. The summed E-state index contributed by atoms with van der Waals surface area (Å²) in [6.45, 7) is 1.26. The Morgan fingerprint density at radius 2 is 2.00 bits per heavy atom. The van der Waals surface area contributed by atoms with Gasteiger partial charge in [0.05, 0.1) is 29.5 Å². The molecule has 0 aromatic heterocycles. The Morgan fingerprint density at radius 3 is 2.72 bits per heavy atom. The van der Waals surface area contributed by atoms with Crippen LogP contribution in [0.2, 0.25) is 10.0 Å². The number of rotatable bonds is 8. The van der Waals surface area contributed by atoms with Crippen LogP contribution in [0.1, 0.15) is 24.0 Å². The zero-order valence-electron chi connectivity index (χ0n) is 17.4. The second kappa shape index (κ2) is 11.7. The fraction of sp³-hybridized carbons (Fsp3) is 0.318. The van der Waals surface area contributed by atoms with Crippen LogP contribution in [-0.2, 0) is 20.9 Å². The van der Waals surface area contributed by atoms with E-state index < -0.39 is 11.8 Å². The molecular weight excluding hydrogens is 457 g/mol. The van der Waals surface area contributed by atoms with Crippen LogP contribution < -0.4 is 20.2 Å². The van der Waals surface area contributed by atoms with Gasteiger partial charge >= 0.3 is 11.8 Å². The number of nitrogens with zero attached hydrogens (tertiary/aromatic N) is 1. The van der Waals surface area contributed by atoms with Crippen LogP contribution in [0.15, 0.2) is 41.5 Å². The maximum absolute atomic E-state index is 11.8. The van der Waals surface area contributed by atoms with Gasteiger partial charge in [0.15, 0.2) is 11.5 Å². The molecule has 0 saturated carbocycles.